The molecule has 0 saturated carbocycles. The van der Waals surface area contributed by atoms with E-state index in [-0.39, 0.29) is 11.6 Å². The molecule has 0 radical (unpaired) electrons. The Kier molecular flexibility index (Phi) is 5.83. The molecule has 2 N–H and O–H groups in total. The Morgan fingerprint density at radius 2 is 1.68 bits per heavy atom. The molecule has 2 heterocycles. The zero-order chi connectivity index (χ0) is 23.7. The first-order valence-corrected chi connectivity index (χ1v) is 11.6. The molecule has 2 aromatic heterocycles. The van der Waals surface area contributed by atoms with Crippen LogP contribution in [0.1, 0.15) is 26.4 Å². The molecule has 34 heavy (non-hydrogen) atoms. The third-order valence-corrected chi connectivity index (χ3v) is 6.29. The molecular formula is C25H18ClN5O2S. The molecule has 0 spiro atoms. The Bertz CT molecular complexity index is 1530. The van der Waals surface area contributed by atoms with Crippen molar-refractivity contribution in [2.45, 2.75) is 6.92 Å². The van der Waals surface area contributed by atoms with Gasteiger partial charge < -0.3 is 5.32 Å². The second kappa shape index (κ2) is 9.09. The summed E-state index contributed by atoms with van der Waals surface area (Å²) in [5.74, 6) is -0.855. The number of carbonyl (C=O) groups is 2. The summed E-state index contributed by atoms with van der Waals surface area (Å²) in [6.45, 7) is 2.01. The quantitative estimate of drug-likeness (QED) is 0.320. The molecular weight excluding hydrogens is 470 g/mol. The fourth-order valence-corrected chi connectivity index (χ4v) is 4.64. The summed E-state index contributed by atoms with van der Waals surface area (Å²) in [5, 5.41) is 10.7. The molecule has 0 bridgehead atoms. The highest BCUT2D eigenvalue weighted by atomic mass is 35.5. The van der Waals surface area contributed by atoms with Crippen LogP contribution in [0.25, 0.3) is 15.9 Å². The van der Waals surface area contributed by atoms with Crippen LogP contribution in [0, 0.1) is 6.92 Å². The third kappa shape index (κ3) is 4.41. The third-order valence-electron chi connectivity index (χ3n) is 5.08. The maximum absolute atomic E-state index is 13.0. The van der Waals surface area contributed by atoms with Gasteiger partial charge in [0, 0.05) is 6.07 Å². The van der Waals surface area contributed by atoms with Crippen LogP contribution in [0.3, 0.4) is 0 Å². The first-order chi connectivity index (χ1) is 16.5. The van der Waals surface area contributed by atoms with E-state index in [2.05, 4.69) is 20.7 Å². The molecule has 0 fully saturated rings. The van der Waals surface area contributed by atoms with Gasteiger partial charge in [0.15, 0.2) is 10.8 Å². The van der Waals surface area contributed by atoms with Crippen LogP contribution in [0.15, 0.2) is 78.9 Å². The summed E-state index contributed by atoms with van der Waals surface area (Å²) in [4.78, 5) is 30.4. The van der Waals surface area contributed by atoms with Gasteiger partial charge >= 0.3 is 0 Å². The number of para-hydroxylation sites is 2. The van der Waals surface area contributed by atoms with Gasteiger partial charge in [0.2, 0.25) is 0 Å². The number of hydrogen-bond acceptors (Lipinski definition) is 5. The Labute approximate surface area is 204 Å². The molecule has 2 amide bonds. The number of anilines is 2. The Morgan fingerprint density at radius 3 is 2.50 bits per heavy atom. The van der Waals surface area contributed by atoms with E-state index in [1.54, 1.807) is 24.3 Å². The van der Waals surface area contributed by atoms with Crippen LogP contribution < -0.4 is 10.6 Å². The average molecular weight is 488 g/mol. The van der Waals surface area contributed by atoms with Gasteiger partial charge in [0.25, 0.3) is 11.8 Å². The number of fused-ring (bicyclic) bond motifs is 1. The van der Waals surface area contributed by atoms with Crippen molar-refractivity contribution in [2.75, 3.05) is 10.6 Å². The summed E-state index contributed by atoms with van der Waals surface area (Å²) in [6, 6.07) is 23.4. The minimum atomic E-state index is -0.479. The summed E-state index contributed by atoms with van der Waals surface area (Å²) < 4.78 is 2.46. The van der Waals surface area contributed by atoms with Crippen molar-refractivity contribution >= 4 is 55.8 Å². The van der Waals surface area contributed by atoms with Crippen molar-refractivity contribution < 1.29 is 9.59 Å². The molecule has 0 aliphatic carbocycles. The monoisotopic (exact) mass is 487 g/mol. The summed E-state index contributed by atoms with van der Waals surface area (Å²) in [5.41, 5.74) is 3.46. The number of benzene rings is 3. The first kappa shape index (κ1) is 21.8. The summed E-state index contributed by atoms with van der Waals surface area (Å²) >= 11 is 7.69. The largest absolute Gasteiger partial charge is 0.320 e. The zero-order valence-electron chi connectivity index (χ0n) is 17.9. The molecule has 0 unspecified atom stereocenters. The SMILES string of the molecule is Cc1ccc2nc(NC(=O)c3ccccc3NC(=O)c3cc(Cl)n(-c4ccccc4)n3)sc2c1. The van der Waals surface area contributed by atoms with Gasteiger partial charge in [-0.15, -0.1) is 0 Å². The molecule has 9 heteroatoms. The normalized spacial score (nSPS) is 10.9. The van der Waals surface area contributed by atoms with E-state index in [4.69, 9.17) is 11.6 Å². The van der Waals surface area contributed by atoms with Crippen molar-refractivity contribution in [3.63, 3.8) is 0 Å². The van der Waals surface area contributed by atoms with E-state index in [1.807, 2.05) is 55.5 Å². The number of nitrogens with one attached hydrogen (secondary N) is 2. The highest BCUT2D eigenvalue weighted by molar-refractivity contribution is 7.22. The highest BCUT2D eigenvalue weighted by Gasteiger charge is 2.19. The molecule has 0 atom stereocenters. The number of aryl methyl sites for hydroxylation is 1. The fourth-order valence-electron chi connectivity index (χ4n) is 3.45. The van der Waals surface area contributed by atoms with Crippen LogP contribution in [-0.2, 0) is 0 Å². The van der Waals surface area contributed by atoms with Crippen LogP contribution in [-0.4, -0.2) is 26.6 Å². The number of thiazole rings is 1. The smallest absolute Gasteiger partial charge is 0.276 e. The highest BCUT2D eigenvalue weighted by Crippen LogP contribution is 2.28. The second-order valence-corrected chi connectivity index (χ2v) is 8.96. The van der Waals surface area contributed by atoms with Gasteiger partial charge in [0.05, 0.1) is 27.2 Å². The minimum absolute atomic E-state index is 0.130. The van der Waals surface area contributed by atoms with Crippen molar-refractivity contribution in [1.82, 2.24) is 14.8 Å². The van der Waals surface area contributed by atoms with Crippen LogP contribution in [0.2, 0.25) is 5.15 Å². The summed E-state index contributed by atoms with van der Waals surface area (Å²) in [7, 11) is 0. The van der Waals surface area contributed by atoms with E-state index in [0.717, 1.165) is 21.5 Å². The fraction of sp³-hybridized carbons (Fsp3) is 0.0400. The maximum atomic E-state index is 13.0. The number of rotatable bonds is 5. The lowest BCUT2D eigenvalue weighted by Crippen LogP contribution is -2.18. The van der Waals surface area contributed by atoms with Gasteiger partial charge in [-0.1, -0.05) is 59.3 Å². The Hall–Kier alpha value is -4.01. The van der Waals surface area contributed by atoms with Crippen molar-refractivity contribution in [3.05, 3.63) is 101 Å². The van der Waals surface area contributed by atoms with E-state index < -0.39 is 5.91 Å². The molecule has 7 nitrogen and oxygen atoms in total. The lowest BCUT2D eigenvalue weighted by molar-refractivity contribution is 0.102. The molecule has 0 aliphatic rings. The average Bonchev–Trinajstić information content (AvgIpc) is 3.42. The second-order valence-electron chi connectivity index (χ2n) is 7.54. The standard InChI is InChI=1S/C25H18ClN5O2S/c1-15-11-12-19-21(13-15)34-25(28-19)29-23(32)17-9-5-6-10-18(17)27-24(33)20-14-22(26)31(30-20)16-7-3-2-4-8-16/h2-14H,1H3,(H,27,33)(H,28,29,32). The van der Waals surface area contributed by atoms with Gasteiger partial charge in [-0.3, -0.25) is 14.9 Å². The predicted molar refractivity (Wildman–Crippen MR) is 135 cm³/mol. The molecule has 168 valence electrons. The molecule has 5 rings (SSSR count). The van der Waals surface area contributed by atoms with Crippen LogP contribution in [0.5, 0.6) is 0 Å². The summed E-state index contributed by atoms with van der Waals surface area (Å²) in [6.07, 6.45) is 0. The first-order valence-electron chi connectivity index (χ1n) is 10.4. The maximum Gasteiger partial charge on any atom is 0.276 e. The molecule has 0 aliphatic heterocycles. The van der Waals surface area contributed by atoms with Gasteiger partial charge in [-0.2, -0.15) is 5.10 Å². The van der Waals surface area contributed by atoms with E-state index >= 15 is 0 Å². The van der Waals surface area contributed by atoms with E-state index in [0.29, 0.717) is 21.5 Å². The Morgan fingerprint density at radius 1 is 0.912 bits per heavy atom. The van der Waals surface area contributed by atoms with Crippen molar-refractivity contribution in [3.8, 4) is 5.69 Å². The van der Waals surface area contributed by atoms with Crippen LogP contribution in [0.4, 0.5) is 10.8 Å². The van der Waals surface area contributed by atoms with Gasteiger partial charge in [0.1, 0.15) is 5.15 Å². The number of halogens is 1. The van der Waals surface area contributed by atoms with Crippen molar-refractivity contribution in [2.24, 2.45) is 0 Å². The van der Waals surface area contributed by atoms with E-state index in [9.17, 15) is 9.59 Å². The number of aromatic nitrogens is 3. The number of amides is 2. The lowest BCUT2D eigenvalue weighted by atomic mass is 10.1. The minimum Gasteiger partial charge on any atom is -0.320 e. The van der Waals surface area contributed by atoms with Gasteiger partial charge in [-0.05, 0) is 48.9 Å². The van der Waals surface area contributed by atoms with Crippen molar-refractivity contribution in [1.29, 1.82) is 0 Å². The number of carbonyl (C=O) groups excluding carboxylic acids is 2. The topological polar surface area (TPSA) is 88.9 Å². The molecule has 0 saturated heterocycles. The number of nitrogens with zero attached hydrogens (tertiary/aromatic N) is 3. The molecule has 3 aromatic carbocycles. The van der Waals surface area contributed by atoms with Gasteiger partial charge in [-0.25, -0.2) is 9.67 Å². The van der Waals surface area contributed by atoms with Crippen LogP contribution >= 0.6 is 22.9 Å². The van der Waals surface area contributed by atoms with E-state index in [1.165, 1.54) is 22.1 Å². The molecule has 5 aromatic rings. The lowest BCUT2D eigenvalue weighted by Gasteiger charge is -2.09. The zero-order valence-corrected chi connectivity index (χ0v) is 19.5. The predicted octanol–water partition coefficient (Wildman–Crippen LogP) is 5.95. The number of hydrogen-bond donors (Lipinski definition) is 2. The Balaban J connectivity index is 1.36.